The first-order chi connectivity index (χ1) is 11.1. The summed E-state index contributed by atoms with van der Waals surface area (Å²) in [6, 6.07) is 16.6. The van der Waals surface area contributed by atoms with E-state index in [1.807, 2.05) is 30.3 Å². The molecule has 1 N–H and O–H groups in total. The van der Waals surface area contributed by atoms with Gasteiger partial charge in [0.1, 0.15) is 0 Å². The van der Waals surface area contributed by atoms with Crippen LogP contribution in [-0.2, 0) is 11.2 Å². The molecule has 0 aliphatic heterocycles. The molecule has 1 amide bonds. The molecule has 2 rings (SSSR count). The van der Waals surface area contributed by atoms with Crippen LogP contribution in [0, 0.1) is 0 Å². The molecule has 2 aromatic carbocycles. The molecule has 0 saturated carbocycles. The average Bonchev–Trinajstić information content (AvgIpc) is 2.55. The lowest BCUT2D eigenvalue weighted by molar-refractivity contribution is -0.116. The van der Waals surface area contributed by atoms with Crippen molar-refractivity contribution in [2.24, 2.45) is 0 Å². The van der Waals surface area contributed by atoms with Crippen molar-refractivity contribution in [3.8, 4) is 0 Å². The topological polar surface area (TPSA) is 29.1 Å². The van der Waals surface area contributed by atoms with Crippen LogP contribution in [0.1, 0.15) is 11.1 Å². The molecular weight excluding hydrogens is 316 g/mol. The van der Waals surface area contributed by atoms with Crippen LogP contribution in [0.4, 0.5) is 8.78 Å². The van der Waals surface area contributed by atoms with Crippen LogP contribution in [0.3, 0.4) is 0 Å². The first-order valence-electron chi connectivity index (χ1n) is 7.18. The van der Waals surface area contributed by atoms with Gasteiger partial charge >= 0.3 is 0 Å². The van der Waals surface area contributed by atoms with Gasteiger partial charge in [0.15, 0.2) is 0 Å². The molecule has 0 saturated heterocycles. The standard InChI is InChI=1S/C18H17F2NOS/c19-18(20)23-16-9-6-15(7-10-16)8-11-17(22)21-13-12-14-4-2-1-3-5-14/h1-11,18H,12-13H2,(H,21,22)/b11-8+. The van der Waals surface area contributed by atoms with Crippen molar-refractivity contribution in [2.45, 2.75) is 17.1 Å². The summed E-state index contributed by atoms with van der Waals surface area (Å²) < 4.78 is 24.4. The second kappa shape index (κ2) is 9.10. The Hall–Kier alpha value is -2.14. The van der Waals surface area contributed by atoms with Gasteiger partial charge in [0.2, 0.25) is 5.91 Å². The van der Waals surface area contributed by atoms with Crippen molar-refractivity contribution in [1.82, 2.24) is 5.32 Å². The SMILES string of the molecule is O=C(/C=C/c1ccc(SC(F)F)cc1)NCCc1ccccc1. The fourth-order valence-corrected chi connectivity index (χ4v) is 2.46. The first-order valence-corrected chi connectivity index (χ1v) is 8.06. The smallest absolute Gasteiger partial charge is 0.288 e. The van der Waals surface area contributed by atoms with Gasteiger partial charge in [-0.2, -0.15) is 8.78 Å². The van der Waals surface area contributed by atoms with Crippen molar-refractivity contribution in [1.29, 1.82) is 0 Å². The monoisotopic (exact) mass is 333 g/mol. The third kappa shape index (κ3) is 6.65. The van der Waals surface area contributed by atoms with E-state index in [-0.39, 0.29) is 5.91 Å². The van der Waals surface area contributed by atoms with Crippen LogP contribution in [-0.4, -0.2) is 18.2 Å². The van der Waals surface area contributed by atoms with Crippen LogP contribution < -0.4 is 5.32 Å². The highest BCUT2D eigenvalue weighted by atomic mass is 32.2. The first kappa shape index (κ1) is 17.2. The molecule has 2 nitrogen and oxygen atoms in total. The highest BCUT2D eigenvalue weighted by Crippen LogP contribution is 2.25. The molecule has 0 atom stereocenters. The van der Waals surface area contributed by atoms with Crippen LogP contribution in [0.5, 0.6) is 0 Å². The summed E-state index contributed by atoms with van der Waals surface area (Å²) in [5.41, 5.74) is 1.96. The summed E-state index contributed by atoms with van der Waals surface area (Å²) in [6.45, 7) is 0.567. The molecule has 0 spiro atoms. The number of carbonyl (C=O) groups is 1. The van der Waals surface area contributed by atoms with Gasteiger partial charge in [-0.1, -0.05) is 54.2 Å². The third-order valence-corrected chi connectivity index (χ3v) is 3.81. The van der Waals surface area contributed by atoms with E-state index in [0.29, 0.717) is 23.2 Å². The van der Waals surface area contributed by atoms with Gasteiger partial charge in [-0.05, 0) is 35.8 Å². The summed E-state index contributed by atoms with van der Waals surface area (Å²) in [5, 5.41) is 2.81. The average molecular weight is 333 g/mol. The third-order valence-electron chi connectivity index (χ3n) is 3.09. The maximum atomic E-state index is 12.2. The number of hydrogen-bond acceptors (Lipinski definition) is 2. The number of alkyl halides is 2. The Balaban J connectivity index is 1.77. The molecule has 120 valence electrons. The van der Waals surface area contributed by atoms with E-state index < -0.39 is 5.76 Å². The predicted octanol–water partition coefficient (Wildman–Crippen LogP) is 4.37. The lowest BCUT2D eigenvalue weighted by Gasteiger charge is -2.03. The zero-order valence-electron chi connectivity index (χ0n) is 12.4. The van der Waals surface area contributed by atoms with Crippen molar-refractivity contribution in [3.05, 3.63) is 71.8 Å². The molecular formula is C18H17F2NOS. The van der Waals surface area contributed by atoms with Crippen LogP contribution >= 0.6 is 11.8 Å². The Morgan fingerprint density at radius 2 is 1.78 bits per heavy atom. The summed E-state index contributed by atoms with van der Waals surface area (Å²) in [5.74, 6) is -2.60. The Morgan fingerprint density at radius 3 is 2.43 bits per heavy atom. The molecule has 0 aromatic heterocycles. The van der Waals surface area contributed by atoms with Gasteiger partial charge in [0.05, 0.1) is 0 Å². The van der Waals surface area contributed by atoms with Gasteiger partial charge in [-0.25, -0.2) is 0 Å². The predicted molar refractivity (Wildman–Crippen MR) is 90.5 cm³/mol. The van der Waals surface area contributed by atoms with Crippen molar-refractivity contribution in [2.75, 3.05) is 6.54 Å². The minimum Gasteiger partial charge on any atom is -0.352 e. The molecule has 2 aromatic rings. The van der Waals surface area contributed by atoms with Gasteiger partial charge in [-0.3, -0.25) is 4.79 Å². The number of amides is 1. The second-order valence-electron chi connectivity index (χ2n) is 4.81. The Morgan fingerprint density at radius 1 is 1.09 bits per heavy atom. The number of hydrogen-bond donors (Lipinski definition) is 1. The number of halogens is 2. The molecule has 0 aliphatic carbocycles. The summed E-state index contributed by atoms with van der Waals surface area (Å²) in [4.78, 5) is 12.2. The van der Waals surface area contributed by atoms with Gasteiger partial charge in [0, 0.05) is 17.5 Å². The number of carbonyl (C=O) groups excluding carboxylic acids is 1. The lowest BCUT2D eigenvalue weighted by Crippen LogP contribution is -2.23. The van der Waals surface area contributed by atoms with Gasteiger partial charge < -0.3 is 5.32 Å². The summed E-state index contributed by atoms with van der Waals surface area (Å²) >= 11 is 0.504. The molecule has 0 unspecified atom stereocenters. The molecule has 23 heavy (non-hydrogen) atoms. The van der Waals surface area contributed by atoms with Crippen molar-refractivity contribution in [3.63, 3.8) is 0 Å². The summed E-state index contributed by atoms with van der Waals surface area (Å²) in [6.07, 6.45) is 3.88. The maximum Gasteiger partial charge on any atom is 0.288 e. The Bertz CT molecular complexity index is 642. The van der Waals surface area contributed by atoms with Gasteiger partial charge in [0.25, 0.3) is 5.76 Å². The van der Waals surface area contributed by atoms with Gasteiger partial charge in [-0.15, -0.1) is 0 Å². The molecule has 5 heteroatoms. The molecule has 0 aliphatic rings. The zero-order chi connectivity index (χ0) is 16.5. The molecule has 0 bridgehead atoms. The van der Waals surface area contributed by atoms with E-state index in [4.69, 9.17) is 0 Å². The normalized spacial score (nSPS) is 11.1. The molecule has 0 fully saturated rings. The fourth-order valence-electron chi connectivity index (χ4n) is 1.97. The minimum atomic E-state index is -2.42. The highest BCUT2D eigenvalue weighted by molar-refractivity contribution is 7.99. The minimum absolute atomic E-state index is 0.174. The van der Waals surface area contributed by atoms with Crippen LogP contribution in [0.15, 0.2) is 65.6 Å². The number of nitrogens with one attached hydrogen (secondary N) is 1. The van der Waals surface area contributed by atoms with Crippen LogP contribution in [0.25, 0.3) is 6.08 Å². The van der Waals surface area contributed by atoms with Crippen LogP contribution in [0.2, 0.25) is 0 Å². The van der Waals surface area contributed by atoms with Crippen molar-refractivity contribution < 1.29 is 13.6 Å². The Labute approximate surface area is 138 Å². The number of benzene rings is 2. The van der Waals surface area contributed by atoms with E-state index in [0.717, 1.165) is 12.0 Å². The van der Waals surface area contributed by atoms with E-state index in [2.05, 4.69) is 5.32 Å². The van der Waals surface area contributed by atoms with Crippen molar-refractivity contribution >= 4 is 23.7 Å². The van der Waals surface area contributed by atoms with E-state index in [1.54, 1.807) is 30.3 Å². The number of thioether (sulfide) groups is 1. The maximum absolute atomic E-state index is 12.2. The molecule has 0 radical (unpaired) electrons. The van der Waals surface area contributed by atoms with E-state index in [1.165, 1.54) is 11.6 Å². The highest BCUT2D eigenvalue weighted by Gasteiger charge is 2.04. The van der Waals surface area contributed by atoms with E-state index >= 15 is 0 Å². The second-order valence-corrected chi connectivity index (χ2v) is 5.87. The van der Waals surface area contributed by atoms with E-state index in [9.17, 15) is 13.6 Å². The number of rotatable bonds is 7. The zero-order valence-corrected chi connectivity index (χ0v) is 13.2. The molecule has 0 heterocycles. The largest absolute Gasteiger partial charge is 0.352 e. The summed E-state index contributed by atoms with van der Waals surface area (Å²) in [7, 11) is 0. The quantitative estimate of drug-likeness (QED) is 0.602. The lowest BCUT2D eigenvalue weighted by atomic mass is 10.1. The Kier molecular flexibility index (Phi) is 6.81. The fraction of sp³-hybridized carbons (Fsp3) is 0.167.